The van der Waals surface area contributed by atoms with Gasteiger partial charge in [-0.2, -0.15) is 17.4 Å². The van der Waals surface area contributed by atoms with Crippen LogP contribution in [-0.2, 0) is 16.8 Å². The molecular formula is C9H15BrN2O3S2. The van der Waals surface area contributed by atoms with E-state index in [1.807, 2.05) is 11.4 Å². The lowest BCUT2D eigenvalue weighted by molar-refractivity contribution is 0.275. The molecule has 0 radical (unpaired) electrons. The number of thiophene rings is 1. The Balaban J connectivity index is 2.52. The molecule has 0 unspecified atom stereocenters. The van der Waals surface area contributed by atoms with Crippen LogP contribution in [0, 0.1) is 0 Å². The number of aliphatic hydroxyl groups is 1. The molecule has 17 heavy (non-hydrogen) atoms. The summed E-state index contributed by atoms with van der Waals surface area (Å²) in [6.07, 6.45) is 0.431. The van der Waals surface area contributed by atoms with E-state index in [0.29, 0.717) is 13.0 Å². The first-order valence-corrected chi connectivity index (χ1v) is 8.12. The van der Waals surface area contributed by atoms with Crippen molar-refractivity contribution < 1.29 is 13.5 Å². The lowest BCUT2D eigenvalue weighted by Gasteiger charge is -2.16. The van der Waals surface area contributed by atoms with Crippen molar-refractivity contribution in [2.24, 2.45) is 0 Å². The normalized spacial score (nSPS) is 12.2. The molecule has 0 aromatic carbocycles. The second-order valence-corrected chi connectivity index (χ2v) is 7.13. The number of rotatable bonds is 7. The Hall–Kier alpha value is 0.01000. The quantitative estimate of drug-likeness (QED) is 0.781. The molecule has 0 saturated carbocycles. The molecule has 1 rings (SSSR count). The molecule has 0 saturated heterocycles. The van der Waals surface area contributed by atoms with Gasteiger partial charge in [0.2, 0.25) is 0 Å². The van der Waals surface area contributed by atoms with Crippen LogP contribution < -0.4 is 4.72 Å². The molecule has 0 aliphatic rings. The van der Waals surface area contributed by atoms with E-state index in [1.54, 1.807) is 0 Å². The maximum absolute atomic E-state index is 11.8. The molecule has 0 aliphatic carbocycles. The minimum atomic E-state index is -3.47. The maximum Gasteiger partial charge on any atom is 0.279 e. The highest BCUT2D eigenvalue weighted by Gasteiger charge is 2.17. The fraction of sp³-hybridized carbons (Fsp3) is 0.556. The molecule has 1 heterocycles. The van der Waals surface area contributed by atoms with Crippen molar-refractivity contribution in [3.63, 3.8) is 0 Å². The first-order chi connectivity index (χ1) is 7.97. The SMILES string of the molecule is CN(CCCO)S(=O)(=O)NCc1sccc1Br. The van der Waals surface area contributed by atoms with Crippen LogP contribution in [0.2, 0.25) is 0 Å². The summed E-state index contributed by atoms with van der Waals surface area (Å²) in [5.74, 6) is 0. The second kappa shape index (κ2) is 6.81. The molecule has 2 N–H and O–H groups in total. The standard InChI is InChI=1S/C9H15BrN2O3S2/c1-12(4-2-5-13)17(14,15)11-7-9-8(10)3-6-16-9/h3,6,11,13H,2,4-5,7H2,1H3. The van der Waals surface area contributed by atoms with Crippen molar-refractivity contribution >= 4 is 37.5 Å². The van der Waals surface area contributed by atoms with E-state index < -0.39 is 10.2 Å². The average molecular weight is 343 g/mol. The molecule has 0 bridgehead atoms. The van der Waals surface area contributed by atoms with Gasteiger partial charge in [-0.05, 0) is 33.8 Å². The third-order valence-corrected chi connectivity index (χ3v) is 5.59. The zero-order chi connectivity index (χ0) is 12.9. The summed E-state index contributed by atoms with van der Waals surface area (Å²) < 4.78 is 28.1. The predicted molar refractivity (Wildman–Crippen MR) is 72.1 cm³/mol. The summed E-state index contributed by atoms with van der Waals surface area (Å²) in [7, 11) is -1.98. The molecular weight excluding hydrogens is 328 g/mol. The van der Waals surface area contributed by atoms with Gasteiger partial charge in [-0.25, -0.2) is 0 Å². The lowest BCUT2D eigenvalue weighted by atomic mass is 10.5. The van der Waals surface area contributed by atoms with Gasteiger partial charge < -0.3 is 5.11 Å². The highest BCUT2D eigenvalue weighted by Crippen LogP contribution is 2.22. The molecule has 8 heteroatoms. The first kappa shape index (κ1) is 15.1. The van der Waals surface area contributed by atoms with Crippen molar-refractivity contribution in [2.45, 2.75) is 13.0 Å². The Morgan fingerprint density at radius 2 is 2.29 bits per heavy atom. The van der Waals surface area contributed by atoms with Crippen LogP contribution in [0.4, 0.5) is 0 Å². The van der Waals surface area contributed by atoms with Crippen LogP contribution in [0.1, 0.15) is 11.3 Å². The van der Waals surface area contributed by atoms with Gasteiger partial charge in [-0.3, -0.25) is 0 Å². The number of aliphatic hydroxyl groups excluding tert-OH is 1. The van der Waals surface area contributed by atoms with Gasteiger partial charge in [-0.15, -0.1) is 11.3 Å². The summed E-state index contributed by atoms with van der Waals surface area (Å²) in [6, 6.07) is 1.88. The van der Waals surface area contributed by atoms with Crippen LogP contribution in [0.3, 0.4) is 0 Å². The highest BCUT2D eigenvalue weighted by molar-refractivity contribution is 9.10. The fourth-order valence-electron chi connectivity index (χ4n) is 1.13. The molecule has 0 fully saturated rings. The summed E-state index contributed by atoms with van der Waals surface area (Å²) >= 11 is 4.83. The van der Waals surface area contributed by atoms with E-state index in [4.69, 9.17) is 5.11 Å². The minimum absolute atomic E-state index is 0.0175. The Morgan fingerprint density at radius 1 is 1.59 bits per heavy atom. The minimum Gasteiger partial charge on any atom is -0.396 e. The Bertz CT molecular complexity index is 447. The van der Waals surface area contributed by atoms with E-state index in [2.05, 4.69) is 20.7 Å². The Kier molecular flexibility index (Phi) is 6.04. The highest BCUT2D eigenvalue weighted by atomic mass is 79.9. The van der Waals surface area contributed by atoms with Crippen LogP contribution >= 0.6 is 27.3 Å². The maximum atomic E-state index is 11.8. The van der Waals surface area contributed by atoms with Gasteiger partial charge in [-0.1, -0.05) is 0 Å². The third kappa shape index (κ3) is 4.65. The third-order valence-electron chi connectivity index (χ3n) is 2.15. The molecule has 1 aromatic heterocycles. The van der Waals surface area contributed by atoms with Gasteiger partial charge in [0, 0.05) is 36.1 Å². The summed E-state index contributed by atoms with van der Waals surface area (Å²) in [6.45, 7) is 0.553. The average Bonchev–Trinajstić information content (AvgIpc) is 2.69. The lowest BCUT2D eigenvalue weighted by Crippen LogP contribution is -2.38. The smallest absolute Gasteiger partial charge is 0.279 e. The van der Waals surface area contributed by atoms with Crippen LogP contribution in [0.15, 0.2) is 15.9 Å². The second-order valence-electron chi connectivity index (χ2n) is 3.42. The van der Waals surface area contributed by atoms with Gasteiger partial charge >= 0.3 is 0 Å². The fourth-order valence-corrected chi connectivity index (χ4v) is 3.57. The van der Waals surface area contributed by atoms with E-state index >= 15 is 0 Å². The molecule has 0 atom stereocenters. The van der Waals surface area contributed by atoms with Gasteiger partial charge in [0.25, 0.3) is 10.2 Å². The number of hydrogen-bond donors (Lipinski definition) is 2. The van der Waals surface area contributed by atoms with Crippen molar-refractivity contribution in [1.29, 1.82) is 0 Å². The largest absolute Gasteiger partial charge is 0.396 e. The molecule has 0 spiro atoms. The van der Waals surface area contributed by atoms with Gasteiger partial charge in [0.05, 0.1) is 0 Å². The van der Waals surface area contributed by atoms with Crippen molar-refractivity contribution in [1.82, 2.24) is 9.03 Å². The Morgan fingerprint density at radius 3 is 2.82 bits per heavy atom. The zero-order valence-corrected chi connectivity index (χ0v) is 12.6. The molecule has 0 amide bonds. The van der Waals surface area contributed by atoms with Crippen molar-refractivity contribution in [3.8, 4) is 0 Å². The number of nitrogens with one attached hydrogen (secondary N) is 1. The van der Waals surface area contributed by atoms with Gasteiger partial charge in [0.15, 0.2) is 0 Å². The number of halogens is 1. The van der Waals surface area contributed by atoms with E-state index in [-0.39, 0.29) is 13.2 Å². The number of nitrogens with zero attached hydrogens (tertiary/aromatic N) is 1. The summed E-state index contributed by atoms with van der Waals surface area (Å²) in [4.78, 5) is 0.934. The van der Waals surface area contributed by atoms with Crippen LogP contribution in [0.25, 0.3) is 0 Å². The zero-order valence-electron chi connectivity index (χ0n) is 9.39. The summed E-state index contributed by atoms with van der Waals surface area (Å²) in [5, 5.41) is 10.5. The predicted octanol–water partition coefficient (Wildman–Crippen LogP) is 1.16. The topological polar surface area (TPSA) is 69.6 Å². The van der Waals surface area contributed by atoms with Gasteiger partial charge in [0.1, 0.15) is 0 Å². The van der Waals surface area contributed by atoms with Crippen molar-refractivity contribution in [3.05, 3.63) is 20.8 Å². The van der Waals surface area contributed by atoms with Crippen LogP contribution in [-0.4, -0.2) is 38.0 Å². The summed E-state index contributed by atoms with van der Waals surface area (Å²) in [5.41, 5.74) is 0. The van der Waals surface area contributed by atoms with E-state index in [9.17, 15) is 8.42 Å². The number of hydrogen-bond acceptors (Lipinski definition) is 4. The van der Waals surface area contributed by atoms with E-state index in [1.165, 1.54) is 22.7 Å². The first-order valence-electron chi connectivity index (χ1n) is 5.01. The Labute approximate surface area is 114 Å². The molecule has 0 aliphatic heterocycles. The van der Waals surface area contributed by atoms with E-state index in [0.717, 1.165) is 9.35 Å². The molecule has 5 nitrogen and oxygen atoms in total. The monoisotopic (exact) mass is 342 g/mol. The molecule has 98 valence electrons. The van der Waals surface area contributed by atoms with Crippen molar-refractivity contribution in [2.75, 3.05) is 20.2 Å². The molecule has 1 aromatic rings. The van der Waals surface area contributed by atoms with Crippen LogP contribution in [0.5, 0.6) is 0 Å².